The van der Waals surface area contributed by atoms with E-state index in [-0.39, 0.29) is 11.2 Å². The van der Waals surface area contributed by atoms with Crippen molar-refractivity contribution in [1.29, 1.82) is 0 Å². The van der Waals surface area contributed by atoms with Gasteiger partial charge in [-0.05, 0) is 86.0 Å². The lowest BCUT2D eigenvalue weighted by molar-refractivity contribution is 0.0311. The summed E-state index contributed by atoms with van der Waals surface area (Å²) in [7, 11) is 0. The summed E-state index contributed by atoms with van der Waals surface area (Å²) in [6, 6.07) is 13.9. The van der Waals surface area contributed by atoms with Gasteiger partial charge in [0.2, 0.25) is 0 Å². The smallest absolute Gasteiger partial charge is 0.134 e. The number of hydrogen-bond acceptors (Lipinski definition) is 1. The average Bonchev–Trinajstić information content (AvgIpc) is 2.74. The van der Waals surface area contributed by atoms with E-state index in [9.17, 15) is 4.39 Å². The third-order valence-electron chi connectivity index (χ3n) is 7.50. The summed E-state index contributed by atoms with van der Waals surface area (Å²) < 4.78 is 20.4. The summed E-state index contributed by atoms with van der Waals surface area (Å²) in [5.74, 6) is 0.425. The monoisotopic (exact) mass is 380 g/mol. The molecule has 5 rings (SSSR count). The molecule has 0 aromatic heterocycles. The second kappa shape index (κ2) is 7.89. The van der Waals surface area contributed by atoms with Crippen LogP contribution in [0.2, 0.25) is 0 Å². The maximum absolute atomic E-state index is 15.0. The van der Waals surface area contributed by atoms with Crippen LogP contribution in [-0.4, -0.2) is 6.61 Å². The van der Waals surface area contributed by atoms with E-state index in [1.54, 1.807) is 0 Å². The number of fused-ring (bicyclic) bond motifs is 3. The molecule has 0 N–H and O–H groups in total. The molecule has 2 aromatic carbocycles. The van der Waals surface area contributed by atoms with Crippen molar-refractivity contribution >= 4 is 0 Å². The summed E-state index contributed by atoms with van der Waals surface area (Å²) in [4.78, 5) is 0. The van der Waals surface area contributed by atoms with Crippen molar-refractivity contribution < 1.29 is 9.13 Å². The number of benzene rings is 2. The molecule has 3 aliphatic rings. The first-order valence-corrected chi connectivity index (χ1v) is 11.1. The fourth-order valence-corrected chi connectivity index (χ4v) is 5.75. The van der Waals surface area contributed by atoms with E-state index < -0.39 is 0 Å². The van der Waals surface area contributed by atoms with Crippen LogP contribution in [0.3, 0.4) is 0 Å². The van der Waals surface area contributed by atoms with E-state index in [4.69, 9.17) is 4.74 Å². The Hall–Kier alpha value is -1.83. The average molecular weight is 381 g/mol. The standard InChI is InChI=1S/C26H33FO/c1-3-5-12-25-13-16-26(17-14-25,18-15-25)23-9-7-6-8-21(23)22-11-10-20(28-4-2)19-24(22)27/h6-11,19H,3-5,12-18H2,1-2H3. The number of ether oxygens (including phenoxy) is 1. The van der Waals surface area contributed by atoms with Crippen LogP contribution in [0, 0.1) is 11.2 Å². The number of halogens is 1. The Morgan fingerprint density at radius 3 is 2.25 bits per heavy atom. The Kier molecular flexibility index (Phi) is 5.49. The lowest BCUT2D eigenvalue weighted by Gasteiger charge is -2.54. The Labute approximate surface area is 169 Å². The molecule has 3 aliphatic carbocycles. The van der Waals surface area contributed by atoms with Crippen molar-refractivity contribution in [2.24, 2.45) is 5.41 Å². The van der Waals surface area contributed by atoms with Gasteiger partial charge in [-0.3, -0.25) is 0 Å². The van der Waals surface area contributed by atoms with Gasteiger partial charge in [0.25, 0.3) is 0 Å². The van der Waals surface area contributed by atoms with Crippen molar-refractivity contribution in [2.75, 3.05) is 6.61 Å². The summed E-state index contributed by atoms with van der Waals surface area (Å²) in [5, 5.41) is 0. The molecule has 0 spiro atoms. The minimum absolute atomic E-state index is 0.182. The zero-order valence-corrected chi connectivity index (χ0v) is 17.4. The lowest BCUT2D eigenvalue weighted by Crippen LogP contribution is -2.44. The Bertz CT molecular complexity index is 800. The van der Waals surface area contributed by atoms with E-state index >= 15 is 0 Å². The van der Waals surface area contributed by atoms with Gasteiger partial charge in [-0.1, -0.05) is 44.0 Å². The fourth-order valence-electron chi connectivity index (χ4n) is 5.75. The number of hydrogen-bond donors (Lipinski definition) is 0. The van der Waals surface area contributed by atoms with Crippen LogP contribution < -0.4 is 4.74 Å². The third kappa shape index (κ3) is 3.47. The largest absolute Gasteiger partial charge is 0.494 e. The number of unbranched alkanes of at least 4 members (excludes halogenated alkanes) is 1. The lowest BCUT2D eigenvalue weighted by atomic mass is 9.50. The highest BCUT2D eigenvalue weighted by Crippen LogP contribution is 2.60. The van der Waals surface area contributed by atoms with Gasteiger partial charge < -0.3 is 4.74 Å². The first kappa shape index (κ1) is 19.5. The zero-order chi connectivity index (χ0) is 19.6. The molecular formula is C26H33FO. The maximum atomic E-state index is 15.0. The van der Waals surface area contributed by atoms with Crippen molar-refractivity contribution in [1.82, 2.24) is 0 Å². The van der Waals surface area contributed by atoms with Crippen molar-refractivity contribution in [3.05, 3.63) is 53.8 Å². The molecule has 0 amide bonds. The molecule has 2 bridgehead atoms. The van der Waals surface area contributed by atoms with Crippen LogP contribution >= 0.6 is 0 Å². The molecule has 0 atom stereocenters. The summed E-state index contributed by atoms with van der Waals surface area (Å²) >= 11 is 0. The molecule has 1 nitrogen and oxygen atoms in total. The third-order valence-corrected chi connectivity index (χ3v) is 7.50. The van der Waals surface area contributed by atoms with E-state index in [0.29, 0.717) is 23.3 Å². The first-order valence-electron chi connectivity index (χ1n) is 11.1. The van der Waals surface area contributed by atoms with Crippen LogP contribution in [0.1, 0.15) is 77.2 Å². The molecule has 0 saturated heterocycles. The minimum atomic E-state index is -0.182. The van der Waals surface area contributed by atoms with Gasteiger partial charge in [0.1, 0.15) is 11.6 Å². The maximum Gasteiger partial charge on any atom is 0.134 e. The Balaban J connectivity index is 1.65. The molecular weight excluding hydrogens is 347 g/mol. The van der Waals surface area contributed by atoms with E-state index in [2.05, 4.69) is 25.1 Å². The van der Waals surface area contributed by atoms with Crippen LogP contribution in [0.4, 0.5) is 4.39 Å². The highest BCUT2D eigenvalue weighted by Gasteiger charge is 2.49. The first-order chi connectivity index (χ1) is 13.6. The summed E-state index contributed by atoms with van der Waals surface area (Å²) in [6.07, 6.45) is 11.8. The summed E-state index contributed by atoms with van der Waals surface area (Å²) in [6.45, 7) is 4.78. The normalized spacial score (nSPS) is 26.4. The van der Waals surface area contributed by atoms with Gasteiger partial charge in [-0.25, -0.2) is 4.39 Å². The molecule has 0 aliphatic heterocycles. The highest BCUT2D eigenvalue weighted by atomic mass is 19.1. The van der Waals surface area contributed by atoms with Gasteiger partial charge in [-0.15, -0.1) is 0 Å². The zero-order valence-electron chi connectivity index (χ0n) is 17.4. The minimum Gasteiger partial charge on any atom is -0.494 e. The Morgan fingerprint density at radius 1 is 0.893 bits per heavy atom. The molecule has 2 heteroatoms. The Morgan fingerprint density at radius 2 is 1.61 bits per heavy atom. The van der Waals surface area contributed by atoms with Crippen LogP contribution in [-0.2, 0) is 5.41 Å². The molecule has 150 valence electrons. The quantitative estimate of drug-likeness (QED) is 0.479. The van der Waals surface area contributed by atoms with Crippen LogP contribution in [0.15, 0.2) is 42.5 Å². The molecule has 2 aromatic rings. The molecule has 0 unspecified atom stereocenters. The van der Waals surface area contributed by atoms with E-state index in [1.165, 1.54) is 69.4 Å². The van der Waals surface area contributed by atoms with Crippen molar-refractivity contribution in [3.63, 3.8) is 0 Å². The van der Waals surface area contributed by atoms with Gasteiger partial charge >= 0.3 is 0 Å². The second-order valence-corrected chi connectivity index (χ2v) is 9.00. The van der Waals surface area contributed by atoms with E-state index in [0.717, 1.165) is 5.56 Å². The predicted octanol–water partition coefficient (Wildman–Crippen LogP) is 7.67. The molecule has 3 saturated carbocycles. The van der Waals surface area contributed by atoms with Crippen molar-refractivity contribution in [3.8, 4) is 16.9 Å². The topological polar surface area (TPSA) is 9.23 Å². The van der Waals surface area contributed by atoms with E-state index in [1.807, 2.05) is 25.1 Å². The van der Waals surface area contributed by atoms with Gasteiger partial charge in [0.15, 0.2) is 0 Å². The molecule has 3 fully saturated rings. The van der Waals surface area contributed by atoms with Crippen LogP contribution in [0.5, 0.6) is 5.75 Å². The number of rotatable bonds is 7. The van der Waals surface area contributed by atoms with Crippen LogP contribution in [0.25, 0.3) is 11.1 Å². The molecule has 28 heavy (non-hydrogen) atoms. The molecule has 0 radical (unpaired) electrons. The van der Waals surface area contributed by atoms with Gasteiger partial charge in [0.05, 0.1) is 6.61 Å². The predicted molar refractivity (Wildman–Crippen MR) is 114 cm³/mol. The van der Waals surface area contributed by atoms with Gasteiger partial charge in [0, 0.05) is 11.6 Å². The summed E-state index contributed by atoms with van der Waals surface area (Å²) in [5.41, 5.74) is 3.97. The van der Waals surface area contributed by atoms with Gasteiger partial charge in [-0.2, -0.15) is 0 Å². The van der Waals surface area contributed by atoms with Crippen molar-refractivity contribution in [2.45, 2.75) is 77.0 Å². The second-order valence-electron chi connectivity index (χ2n) is 9.00. The SMILES string of the molecule is CCCCC12CCC(c3ccccc3-c3ccc(OCC)cc3F)(CC1)CC2. The molecule has 0 heterocycles. The highest BCUT2D eigenvalue weighted by molar-refractivity contribution is 5.70. The fraction of sp³-hybridized carbons (Fsp3) is 0.538.